The summed E-state index contributed by atoms with van der Waals surface area (Å²) in [6, 6.07) is 52.3. The van der Waals surface area contributed by atoms with Crippen LogP contribution in [0.4, 0.5) is 17.1 Å². The first-order chi connectivity index (χ1) is 37.1. The number of rotatable bonds is 24. The molecule has 1 aromatic heterocycles. The predicted molar refractivity (Wildman–Crippen MR) is 322 cm³/mol. The molecule has 76 heavy (non-hydrogen) atoms. The second kappa shape index (κ2) is 22.6. The van der Waals surface area contributed by atoms with Crippen LogP contribution in [0.2, 0.25) is 0 Å². The van der Waals surface area contributed by atoms with Crippen LogP contribution in [-0.2, 0) is 21.0 Å². The highest BCUT2D eigenvalue weighted by Gasteiger charge is 2.46. The minimum absolute atomic E-state index is 0.0451. The van der Waals surface area contributed by atoms with Crippen molar-refractivity contribution in [3.05, 3.63) is 189 Å². The SMILES string of the molecule is [C-]#[N+]/C(=C\c1ccc(-c2ccc3c(c2)C(CCCC)(CCCC)c2cc(N(c4ccc5c(c4)C(CCCC)(CCCC)c4ccccc4-5)c4ccc5c(c4)C(CCCC)(CCCC)c4ccccc4-5)ccc2-3)s1)C(=O)O. The number of aliphatic carboxylic acids is 1. The van der Waals surface area contributed by atoms with Crippen molar-refractivity contribution in [2.75, 3.05) is 4.90 Å². The van der Waals surface area contributed by atoms with Crippen LogP contribution in [0, 0.1) is 6.57 Å². The fourth-order valence-electron chi connectivity index (χ4n) is 14.1. The van der Waals surface area contributed by atoms with Gasteiger partial charge in [0.1, 0.15) is 0 Å². The largest absolute Gasteiger partial charge is 0.486 e. The number of carboxylic acid groups (broad SMARTS) is 1. The third-order valence-corrected chi connectivity index (χ3v) is 19.0. The monoisotopic (exact) mass is 1020 g/mol. The molecule has 390 valence electrons. The van der Waals surface area contributed by atoms with Gasteiger partial charge in [-0.3, -0.25) is 4.79 Å². The number of unbranched alkanes of at least 4 members (excludes halogenated alkanes) is 6. The average Bonchev–Trinajstić information content (AvgIpc) is 4.24. The number of thiophene rings is 1. The van der Waals surface area contributed by atoms with Crippen molar-refractivity contribution in [3.63, 3.8) is 0 Å². The molecule has 1 N–H and O–H groups in total. The molecule has 1 heterocycles. The molecule has 0 fully saturated rings. The molecule has 6 aromatic carbocycles. The lowest BCUT2D eigenvalue weighted by Crippen LogP contribution is -2.27. The number of hydrogen-bond donors (Lipinski definition) is 1. The summed E-state index contributed by atoms with van der Waals surface area (Å²) in [5.74, 6) is -1.20. The summed E-state index contributed by atoms with van der Waals surface area (Å²) in [4.78, 5) is 19.6. The molecule has 0 amide bonds. The standard InChI is InChI=1S/C71H78N2O2S/c1-8-14-38-69(39-15-9-2)60-26-22-20-24-54(60)57-34-29-50(45-63(57)69)73(51-30-35-58-55-25-21-23-27-61(55)70(40-16-10-3,41-17-11-4)64(58)46-51)52-31-36-59-56-33-28-49(67-37-32-53(76-67)48-66(72-7)68(74)75)44-62(56)71(42-18-12-5,43-19-13-6)65(59)47-52/h20-37,44-48H,8-19,38-43H2,1-6H3,(H,74,75)/b66-48-. The second-order valence-corrected chi connectivity index (χ2v) is 23.5. The zero-order chi connectivity index (χ0) is 53.0. The normalized spacial score (nSPS) is 14.8. The summed E-state index contributed by atoms with van der Waals surface area (Å²) in [6.45, 7) is 21.5. The van der Waals surface area contributed by atoms with Gasteiger partial charge >= 0.3 is 5.97 Å². The molecule has 4 nitrogen and oxygen atoms in total. The first kappa shape index (κ1) is 52.9. The lowest BCUT2D eigenvalue weighted by atomic mass is 9.70. The lowest BCUT2D eigenvalue weighted by Gasteiger charge is -2.36. The Morgan fingerprint density at radius 1 is 0.474 bits per heavy atom. The van der Waals surface area contributed by atoms with Crippen molar-refractivity contribution < 1.29 is 9.90 Å². The Hall–Kier alpha value is -6.48. The number of carboxylic acids is 1. The Labute approximate surface area is 458 Å². The van der Waals surface area contributed by atoms with Crippen molar-refractivity contribution in [1.29, 1.82) is 0 Å². The van der Waals surface area contributed by atoms with E-state index in [4.69, 9.17) is 6.57 Å². The number of nitrogens with zero attached hydrogens (tertiary/aromatic N) is 2. The van der Waals surface area contributed by atoms with Crippen LogP contribution in [0.15, 0.2) is 139 Å². The van der Waals surface area contributed by atoms with Gasteiger partial charge in [-0.25, -0.2) is 4.85 Å². The molecule has 7 aromatic rings. The topological polar surface area (TPSA) is 44.9 Å². The molecule has 0 saturated carbocycles. The van der Waals surface area contributed by atoms with E-state index < -0.39 is 5.97 Å². The van der Waals surface area contributed by atoms with Gasteiger partial charge in [-0.15, -0.1) is 11.3 Å². The molecule has 3 aliphatic rings. The molecular formula is C71H78N2O2S. The van der Waals surface area contributed by atoms with Crippen molar-refractivity contribution in [2.24, 2.45) is 0 Å². The number of carbonyl (C=O) groups is 1. The first-order valence-electron chi connectivity index (χ1n) is 29.2. The number of anilines is 3. The van der Waals surface area contributed by atoms with E-state index in [1.54, 1.807) is 11.3 Å². The molecule has 3 aliphatic carbocycles. The summed E-state index contributed by atoms with van der Waals surface area (Å²) in [5, 5.41) is 9.65. The van der Waals surface area contributed by atoms with Gasteiger partial charge < -0.3 is 10.0 Å². The maximum atomic E-state index is 11.8. The minimum atomic E-state index is -1.20. The maximum Gasteiger partial charge on any atom is 0.333 e. The van der Waals surface area contributed by atoms with E-state index in [-0.39, 0.29) is 21.9 Å². The van der Waals surface area contributed by atoms with Crippen LogP contribution in [0.3, 0.4) is 0 Å². The van der Waals surface area contributed by atoms with E-state index in [0.29, 0.717) is 0 Å². The Morgan fingerprint density at radius 3 is 1.21 bits per heavy atom. The van der Waals surface area contributed by atoms with Crippen molar-refractivity contribution in [1.82, 2.24) is 0 Å². The van der Waals surface area contributed by atoms with Gasteiger partial charge in [0.05, 0.1) is 6.57 Å². The summed E-state index contributed by atoms with van der Waals surface area (Å²) < 4.78 is 0. The smallest absolute Gasteiger partial charge is 0.333 e. The van der Waals surface area contributed by atoms with E-state index in [2.05, 4.69) is 179 Å². The van der Waals surface area contributed by atoms with Crippen LogP contribution in [0.5, 0.6) is 0 Å². The molecule has 0 radical (unpaired) electrons. The zero-order valence-electron chi connectivity index (χ0n) is 46.2. The Bertz CT molecular complexity index is 3180. The van der Waals surface area contributed by atoms with E-state index in [1.165, 1.54) is 141 Å². The summed E-state index contributed by atoms with van der Waals surface area (Å²) in [6.07, 6.45) is 22.1. The third kappa shape index (κ3) is 9.17. The Morgan fingerprint density at radius 2 is 0.829 bits per heavy atom. The summed E-state index contributed by atoms with van der Waals surface area (Å²) in [5.41, 5.74) is 21.4. The van der Waals surface area contributed by atoms with Gasteiger partial charge in [0.25, 0.3) is 5.70 Å². The molecule has 0 bridgehead atoms. The van der Waals surface area contributed by atoms with E-state index in [1.807, 2.05) is 6.07 Å². The minimum Gasteiger partial charge on any atom is -0.486 e. The molecule has 10 rings (SSSR count). The van der Waals surface area contributed by atoms with Crippen LogP contribution in [0.1, 0.15) is 195 Å². The first-order valence-corrected chi connectivity index (χ1v) is 30.0. The van der Waals surface area contributed by atoms with Gasteiger partial charge in [0.15, 0.2) is 0 Å². The fraction of sp³-hybridized carbons (Fsp3) is 0.380. The molecule has 0 saturated heterocycles. The number of hydrogen-bond acceptors (Lipinski definition) is 3. The highest BCUT2D eigenvalue weighted by molar-refractivity contribution is 7.16. The van der Waals surface area contributed by atoms with Crippen molar-refractivity contribution in [2.45, 2.75) is 173 Å². The molecule has 0 spiro atoms. The van der Waals surface area contributed by atoms with E-state index in [0.717, 1.165) is 79.5 Å². The number of benzene rings is 6. The van der Waals surface area contributed by atoms with Crippen LogP contribution < -0.4 is 4.90 Å². The molecule has 5 heteroatoms. The van der Waals surface area contributed by atoms with Crippen molar-refractivity contribution >= 4 is 40.4 Å². The maximum absolute atomic E-state index is 11.8. The summed E-state index contributed by atoms with van der Waals surface area (Å²) >= 11 is 1.55. The highest BCUT2D eigenvalue weighted by atomic mass is 32.1. The van der Waals surface area contributed by atoms with E-state index in [9.17, 15) is 9.90 Å². The van der Waals surface area contributed by atoms with Crippen LogP contribution in [0.25, 0.3) is 54.7 Å². The molecule has 0 atom stereocenters. The molecule has 0 unspecified atom stereocenters. The molecular weight excluding hydrogens is 945 g/mol. The Balaban J connectivity index is 1.19. The van der Waals surface area contributed by atoms with Gasteiger partial charge in [-0.05, 0) is 172 Å². The third-order valence-electron chi connectivity index (χ3n) is 17.9. The van der Waals surface area contributed by atoms with E-state index >= 15 is 0 Å². The predicted octanol–water partition coefficient (Wildman–Crippen LogP) is 21.2. The Kier molecular flexibility index (Phi) is 15.8. The van der Waals surface area contributed by atoms with Gasteiger partial charge in [0, 0.05) is 43.1 Å². The fourth-order valence-corrected chi connectivity index (χ4v) is 15.1. The van der Waals surface area contributed by atoms with Crippen molar-refractivity contribution in [3.8, 4) is 43.8 Å². The van der Waals surface area contributed by atoms with Crippen LogP contribution >= 0.6 is 11.3 Å². The quantitative estimate of drug-likeness (QED) is 0.0485. The second-order valence-electron chi connectivity index (χ2n) is 22.4. The number of fused-ring (bicyclic) bond motifs is 9. The zero-order valence-corrected chi connectivity index (χ0v) is 47.0. The lowest BCUT2D eigenvalue weighted by molar-refractivity contribution is -0.132. The summed E-state index contributed by atoms with van der Waals surface area (Å²) in [7, 11) is 0. The van der Waals surface area contributed by atoms with Gasteiger partial charge in [-0.2, -0.15) is 0 Å². The highest BCUT2D eigenvalue weighted by Crippen LogP contribution is 2.60. The van der Waals surface area contributed by atoms with Crippen LogP contribution in [-0.4, -0.2) is 11.1 Å². The van der Waals surface area contributed by atoms with Gasteiger partial charge in [0.2, 0.25) is 0 Å². The molecule has 0 aliphatic heterocycles. The average molecular weight is 1020 g/mol. The van der Waals surface area contributed by atoms with Gasteiger partial charge in [-0.1, -0.05) is 197 Å².